The van der Waals surface area contributed by atoms with Crippen molar-refractivity contribution < 1.29 is 9.53 Å². The van der Waals surface area contributed by atoms with Gasteiger partial charge in [0.1, 0.15) is 16.8 Å². The second-order valence-electron chi connectivity index (χ2n) is 8.91. The maximum Gasteiger partial charge on any atom is 0.267 e. The van der Waals surface area contributed by atoms with Gasteiger partial charge in [0.2, 0.25) is 0 Å². The van der Waals surface area contributed by atoms with Gasteiger partial charge in [0.15, 0.2) is 5.60 Å². The summed E-state index contributed by atoms with van der Waals surface area (Å²) < 4.78 is 6.89. The lowest BCUT2D eigenvalue weighted by atomic mass is 10.0. The third-order valence-corrected chi connectivity index (χ3v) is 6.03. The highest BCUT2D eigenvalue weighted by Crippen LogP contribution is 2.26. The summed E-state index contributed by atoms with van der Waals surface area (Å²) in [5.41, 5.74) is 4.15. The Balaban J connectivity index is 1.55. The molecule has 0 fully saturated rings. The number of nitrogens with zero attached hydrogens (tertiary/aromatic N) is 3. The third kappa shape index (κ3) is 5.09. The van der Waals surface area contributed by atoms with E-state index in [0.717, 1.165) is 21.2 Å². The number of aryl methyl sites for hydroxylation is 1. The summed E-state index contributed by atoms with van der Waals surface area (Å²) in [6.07, 6.45) is 0. The van der Waals surface area contributed by atoms with Crippen LogP contribution in [0.4, 0.5) is 5.69 Å². The normalized spacial score (nSPS) is 11.7. The lowest BCUT2D eigenvalue weighted by Crippen LogP contribution is -2.42. The standard InChI is InChI=1S/C26H27BrN4O2/c1-16(2)18-6-10-20(11-7-18)31-29-23-14-17(3)22(15-24(23)30-31)28-25(32)26(4,5)33-21-12-8-19(27)9-13-21/h6-16H,1-5H3,(H,28,32). The number of amides is 1. The zero-order valence-electron chi connectivity index (χ0n) is 19.4. The summed E-state index contributed by atoms with van der Waals surface area (Å²) in [7, 11) is 0. The Hall–Kier alpha value is -3.19. The first-order chi connectivity index (χ1) is 15.6. The summed E-state index contributed by atoms with van der Waals surface area (Å²) in [6, 6.07) is 19.4. The molecule has 3 aromatic carbocycles. The minimum atomic E-state index is -1.06. The second kappa shape index (κ2) is 8.98. The maximum atomic E-state index is 13.0. The fraction of sp³-hybridized carbons (Fsp3) is 0.269. The van der Waals surface area contributed by atoms with Crippen LogP contribution in [0.1, 0.15) is 44.7 Å². The van der Waals surface area contributed by atoms with Crippen molar-refractivity contribution in [1.29, 1.82) is 0 Å². The molecule has 0 radical (unpaired) electrons. The number of hydrogen-bond acceptors (Lipinski definition) is 4. The Kier molecular flexibility index (Phi) is 6.26. The minimum Gasteiger partial charge on any atom is -0.478 e. The molecule has 0 atom stereocenters. The van der Waals surface area contributed by atoms with E-state index in [1.807, 2.05) is 55.5 Å². The molecular formula is C26H27BrN4O2. The number of aromatic nitrogens is 3. The van der Waals surface area contributed by atoms with Crippen molar-refractivity contribution in [3.63, 3.8) is 0 Å². The smallest absolute Gasteiger partial charge is 0.267 e. The third-order valence-electron chi connectivity index (χ3n) is 5.50. The molecule has 1 heterocycles. The number of rotatable bonds is 6. The summed E-state index contributed by atoms with van der Waals surface area (Å²) in [5.74, 6) is 0.844. The number of fused-ring (bicyclic) bond motifs is 1. The molecule has 1 amide bonds. The summed E-state index contributed by atoms with van der Waals surface area (Å²) in [6.45, 7) is 9.76. The fourth-order valence-electron chi connectivity index (χ4n) is 3.43. The molecule has 0 saturated carbocycles. The van der Waals surface area contributed by atoms with Crippen LogP contribution in [0.5, 0.6) is 5.75 Å². The van der Waals surface area contributed by atoms with Crippen molar-refractivity contribution in [1.82, 2.24) is 15.0 Å². The van der Waals surface area contributed by atoms with Crippen molar-refractivity contribution in [2.24, 2.45) is 0 Å². The summed E-state index contributed by atoms with van der Waals surface area (Å²) in [4.78, 5) is 14.6. The average Bonchev–Trinajstić information content (AvgIpc) is 3.18. The zero-order valence-corrected chi connectivity index (χ0v) is 21.0. The summed E-state index contributed by atoms with van der Waals surface area (Å²) in [5, 5.41) is 12.2. The number of nitrogens with one attached hydrogen (secondary N) is 1. The van der Waals surface area contributed by atoms with Gasteiger partial charge >= 0.3 is 0 Å². The predicted molar refractivity (Wildman–Crippen MR) is 135 cm³/mol. The first-order valence-corrected chi connectivity index (χ1v) is 11.7. The topological polar surface area (TPSA) is 69.0 Å². The quantitative estimate of drug-likeness (QED) is 0.328. The van der Waals surface area contributed by atoms with Crippen LogP contribution in [-0.4, -0.2) is 26.5 Å². The number of hydrogen-bond donors (Lipinski definition) is 1. The molecule has 0 spiro atoms. The van der Waals surface area contributed by atoms with E-state index in [1.165, 1.54) is 5.56 Å². The molecule has 0 saturated heterocycles. The van der Waals surface area contributed by atoms with Gasteiger partial charge < -0.3 is 10.1 Å². The van der Waals surface area contributed by atoms with Crippen LogP contribution in [0.3, 0.4) is 0 Å². The highest BCUT2D eigenvalue weighted by atomic mass is 79.9. The van der Waals surface area contributed by atoms with Crippen molar-refractivity contribution in [3.05, 3.63) is 76.3 Å². The van der Waals surface area contributed by atoms with Crippen molar-refractivity contribution in [2.75, 3.05) is 5.32 Å². The molecule has 1 aromatic heterocycles. The number of carbonyl (C=O) groups is 1. The van der Waals surface area contributed by atoms with E-state index in [4.69, 9.17) is 4.74 Å². The van der Waals surface area contributed by atoms with Gasteiger partial charge in [0.25, 0.3) is 5.91 Å². The number of benzene rings is 3. The predicted octanol–water partition coefficient (Wildman–Crippen LogP) is 6.41. The van der Waals surface area contributed by atoms with Crippen LogP contribution in [0.15, 0.2) is 65.1 Å². The van der Waals surface area contributed by atoms with Gasteiger partial charge in [-0.1, -0.05) is 41.9 Å². The molecule has 170 valence electrons. The van der Waals surface area contributed by atoms with Gasteiger partial charge in [-0.25, -0.2) is 0 Å². The number of ether oxygens (including phenoxy) is 1. The molecule has 0 aliphatic carbocycles. The monoisotopic (exact) mass is 506 g/mol. The second-order valence-corrected chi connectivity index (χ2v) is 9.83. The van der Waals surface area contributed by atoms with Gasteiger partial charge in [-0.3, -0.25) is 4.79 Å². The summed E-state index contributed by atoms with van der Waals surface area (Å²) >= 11 is 3.40. The molecule has 6 nitrogen and oxygen atoms in total. The van der Waals surface area contributed by atoms with Gasteiger partial charge in [-0.15, -0.1) is 10.2 Å². The molecule has 0 unspecified atom stereocenters. The Morgan fingerprint density at radius 1 is 1.00 bits per heavy atom. The molecule has 4 aromatic rings. The molecule has 0 aliphatic heterocycles. The number of anilines is 1. The molecule has 0 bridgehead atoms. The fourth-order valence-corrected chi connectivity index (χ4v) is 3.69. The van der Waals surface area contributed by atoms with Crippen LogP contribution < -0.4 is 10.1 Å². The zero-order chi connectivity index (χ0) is 23.8. The van der Waals surface area contributed by atoms with Gasteiger partial charge in [-0.05, 0) is 86.3 Å². The Morgan fingerprint density at radius 2 is 1.61 bits per heavy atom. The van der Waals surface area contributed by atoms with Crippen molar-refractivity contribution in [3.8, 4) is 11.4 Å². The molecule has 0 aliphatic rings. The van der Waals surface area contributed by atoms with E-state index < -0.39 is 5.60 Å². The van der Waals surface area contributed by atoms with Crippen LogP contribution >= 0.6 is 15.9 Å². The van der Waals surface area contributed by atoms with Gasteiger partial charge in [0.05, 0.1) is 5.69 Å². The lowest BCUT2D eigenvalue weighted by molar-refractivity contribution is -0.128. The molecule has 4 rings (SSSR count). The van der Waals surface area contributed by atoms with E-state index in [0.29, 0.717) is 22.9 Å². The molecule has 1 N–H and O–H groups in total. The largest absolute Gasteiger partial charge is 0.478 e. The van der Waals surface area contributed by atoms with E-state index >= 15 is 0 Å². The maximum absolute atomic E-state index is 13.0. The SMILES string of the molecule is Cc1cc2nn(-c3ccc(C(C)C)cc3)nc2cc1NC(=O)C(C)(C)Oc1ccc(Br)cc1. The van der Waals surface area contributed by atoms with Crippen LogP contribution in [-0.2, 0) is 4.79 Å². The van der Waals surface area contributed by atoms with Crippen molar-refractivity contribution >= 4 is 38.6 Å². The van der Waals surface area contributed by atoms with E-state index in [9.17, 15) is 4.79 Å². The van der Waals surface area contributed by atoms with E-state index in [2.05, 4.69) is 57.4 Å². The van der Waals surface area contributed by atoms with Gasteiger partial charge in [-0.2, -0.15) is 4.80 Å². The Bertz CT molecular complexity index is 1290. The minimum absolute atomic E-state index is 0.246. The molecule has 33 heavy (non-hydrogen) atoms. The highest BCUT2D eigenvalue weighted by Gasteiger charge is 2.30. The van der Waals surface area contributed by atoms with E-state index in [-0.39, 0.29) is 5.91 Å². The average molecular weight is 507 g/mol. The van der Waals surface area contributed by atoms with Crippen LogP contribution in [0, 0.1) is 6.92 Å². The molecular weight excluding hydrogens is 480 g/mol. The first kappa shape index (κ1) is 23.0. The number of halogens is 1. The van der Waals surface area contributed by atoms with E-state index in [1.54, 1.807) is 18.6 Å². The number of carbonyl (C=O) groups excluding carboxylic acids is 1. The first-order valence-electron chi connectivity index (χ1n) is 10.9. The van der Waals surface area contributed by atoms with Gasteiger partial charge in [0, 0.05) is 10.2 Å². The lowest BCUT2D eigenvalue weighted by Gasteiger charge is -2.25. The Labute approximate surface area is 202 Å². The molecule has 7 heteroatoms. The Morgan fingerprint density at radius 3 is 2.21 bits per heavy atom. The highest BCUT2D eigenvalue weighted by molar-refractivity contribution is 9.10. The van der Waals surface area contributed by atoms with Crippen LogP contribution in [0.2, 0.25) is 0 Å². The van der Waals surface area contributed by atoms with Crippen LogP contribution in [0.25, 0.3) is 16.7 Å². The van der Waals surface area contributed by atoms with Crippen molar-refractivity contribution in [2.45, 2.75) is 46.1 Å².